The summed E-state index contributed by atoms with van der Waals surface area (Å²) in [6, 6.07) is 11.3. The second kappa shape index (κ2) is 8.52. The predicted octanol–water partition coefficient (Wildman–Crippen LogP) is 5.07. The standard InChI is InChI=1S/C22H26N2O4/c1-26-21-13-17-16-9-4-5-10-19(16)28-20(17)14-18(21)24-22(25)23-11-6-12-27-15-7-2-3-8-15/h4-5,9-10,13-15H,2-3,6-8,11-12H2,1H3,(H2,23,24,25). The first-order chi connectivity index (χ1) is 13.7. The van der Waals surface area contributed by atoms with E-state index in [0.29, 0.717) is 36.3 Å². The molecule has 1 aliphatic rings. The number of anilines is 1. The Labute approximate surface area is 164 Å². The molecule has 1 fully saturated rings. The third-order valence-electron chi connectivity index (χ3n) is 5.21. The highest BCUT2D eigenvalue weighted by atomic mass is 16.5. The Kier molecular flexibility index (Phi) is 5.67. The fraction of sp³-hybridized carbons (Fsp3) is 0.409. The Morgan fingerprint density at radius 2 is 1.96 bits per heavy atom. The number of fused-ring (bicyclic) bond motifs is 3. The van der Waals surface area contributed by atoms with Crippen LogP contribution < -0.4 is 15.4 Å². The Hall–Kier alpha value is -2.73. The molecule has 0 saturated heterocycles. The smallest absolute Gasteiger partial charge is 0.319 e. The van der Waals surface area contributed by atoms with E-state index in [1.807, 2.05) is 30.3 Å². The maximum atomic E-state index is 12.3. The molecule has 0 bridgehead atoms. The molecule has 0 aliphatic heterocycles. The zero-order chi connectivity index (χ0) is 19.3. The molecule has 6 nitrogen and oxygen atoms in total. The molecule has 3 aromatic rings. The van der Waals surface area contributed by atoms with E-state index in [1.54, 1.807) is 13.2 Å². The SMILES string of the molecule is COc1cc2c(cc1NC(=O)NCCCOC1CCCC1)oc1ccccc12. The third kappa shape index (κ3) is 4.07. The molecule has 0 spiro atoms. The average Bonchev–Trinajstić information content (AvgIpc) is 3.34. The summed E-state index contributed by atoms with van der Waals surface area (Å²) >= 11 is 0. The molecule has 1 aliphatic carbocycles. The van der Waals surface area contributed by atoms with Crippen LogP contribution in [0.1, 0.15) is 32.1 Å². The number of urea groups is 1. The molecule has 28 heavy (non-hydrogen) atoms. The number of carbonyl (C=O) groups excluding carboxylic acids is 1. The molecule has 2 N–H and O–H groups in total. The predicted molar refractivity (Wildman–Crippen MR) is 110 cm³/mol. The number of rotatable bonds is 7. The Morgan fingerprint density at radius 3 is 2.79 bits per heavy atom. The van der Waals surface area contributed by atoms with E-state index in [9.17, 15) is 4.79 Å². The molecular weight excluding hydrogens is 356 g/mol. The molecule has 2 amide bonds. The van der Waals surface area contributed by atoms with Gasteiger partial charge in [-0.15, -0.1) is 0 Å². The van der Waals surface area contributed by atoms with Gasteiger partial charge in [0.1, 0.15) is 16.9 Å². The van der Waals surface area contributed by atoms with Crippen LogP contribution in [0.15, 0.2) is 40.8 Å². The molecule has 1 aromatic heterocycles. The summed E-state index contributed by atoms with van der Waals surface area (Å²) in [4.78, 5) is 12.3. The number of hydrogen-bond acceptors (Lipinski definition) is 4. The first-order valence-electron chi connectivity index (χ1n) is 9.90. The van der Waals surface area contributed by atoms with Gasteiger partial charge < -0.3 is 24.5 Å². The largest absolute Gasteiger partial charge is 0.495 e. The van der Waals surface area contributed by atoms with Crippen LogP contribution in [0.3, 0.4) is 0 Å². The van der Waals surface area contributed by atoms with Crippen LogP contribution in [0, 0.1) is 0 Å². The minimum absolute atomic E-state index is 0.269. The number of para-hydroxylation sites is 1. The molecule has 4 rings (SSSR count). The Balaban J connectivity index is 1.36. The van der Waals surface area contributed by atoms with Gasteiger partial charge in [-0.3, -0.25) is 0 Å². The average molecular weight is 382 g/mol. The highest BCUT2D eigenvalue weighted by Gasteiger charge is 2.15. The van der Waals surface area contributed by atoms with Gasteiger partial charge in [-0.1, -0.05) is 31.0 Å². The van der Waals surface area contributed by atoms with Crippen molar-refractivity contribution in [2.24, 2.45) is 0 Å². The van der Waals surface area contributed by atoms with E-state index in [-0.39, 0.29) is 6.03 Å². The van der Waals surface area contributed by atoms with Gasteiger partial charge in [0, 0.05) is 30.0 Å². The van der Waals surface area contributed by atoms with Crippen molar-refractivity contribution < 1.29 is 18.7 Å². The van der Waals surface area contributed by atoms with Crippen LogP contribution in [0.25, 0.3) is 21.9 Å². The van der Waals surface area contributed by atoms with E-state index in [2.05, 4.69) is 10.6 Å². The van der Waals surface area contributed by atoms with Crippen LogP contribution in [-0.4, -0.2) is 32.4 Å². The summed E-state index contributed by atoms with van der Waals surface area (Å²) in [5, 5.41) is 7.70. The first kappa shape index (κ1) is 18.6. The Bertz CT molecular complexity index is 960. The third-order valence-corrected chi connectivity index (χ3v) is 5.21. The van der Waals surface area contributed by atoms with Crippen LogP contribution in [-0.2, 0) is 4.74 Å². The number of methoxy groups -OCH3 is 1. The fourth-order valence-electron chi connectivity index (χ4n) is 3.76. The molecule has 2 aromatic carbocycles. The molecule has 0 unspecified atom stereocenters. The Morgan fingerprint density at radius 1 is 1.14 bits per heavy atom. The minimum atomic E-state index is -0.269. The minimum Gasteiger partial charge on any atom is -0.495 e. The van der Waals surface area contributed by atoms with Gasteiger partial charge in [0.25, 0.3) is 0 Å². The number of hydrogen-bond donors (Lipinski definition) is 2. The van der Waals surface area contributed by atoms with Crippen molar-refractivity contribution in [3.05, 3.63) is 36.4 Å². The van der Waals surface area contributed by atoms with Crippen LogP contribution in [0.4, 0.5) is 10.5 Å². The van der Waals surface area contributed by atoms with E-state index in [1.165, 1.54) is 12.8 Å². The molecule has 6 heteroatoms. The van der Waals surface area contributed by atoms with E-state index in [4.69, 9.17) is 13.9 Å². The highest BCUT2D eigenvalue weighted by Crippen LogP contribution is 2.36. The van der Waals surface area contributed by atoms with Gasteiger partial charge in [-0.25, -0.2) is 4.79 Å². The van der Waals surface area contributed by atoms with Crippen molar-refractivity contribution in [1.82, 2.24) is 5.32 Å². The topological polar surface area (TPSA) is 72.7 Å². The van der Waals surface area contributed by atoms with E-state index in [0.717, 1.165) is 35.6 Å². The molecular formula is C22H26N2O4. The number of amides is 2. The zero-order valence-corrected chi connectivity index (χ0v) is 16.1. The summed E-state index contributed by atoms with van der Waals surface area (Å²) in [5.41, 5.74) is 2.10. The van der Waals surface area contributed by atoms with Crippen molar-refractivity contribution in [1.29, 1.82) is 0 Å². The lowest BCUT2D eigenvalue weighted by Crippen LogP contribution is -2.30. The first-order valence-corrected chi connectivity index (χ1v) is 9.90. The lowest BCUT2D eigenvalue weighted by Gasteiger charge is -2.13. The highest BCUT2D eigenvalue weighted by molar-refractivity contribution is 6.07. The van der Waals surface area contributed by atoms with Gasteiger partial charge >= 0.3 is 6.03 Å². The van der Waals surface area contributed by atoms with Crippen molar-refractivity contribution in [3.8, 4) is 5.75 Å². The quantitative estimate of drug-likeness (QED) is 0.560. The van der Waals surface area contributed by atoms with E-state index < -0.39 is 0 Å². The van der Waals surface area contributed by atoms with Gasteiger partial charge in [0.15, 0.2) is 0 Å². The maximum Gasteiger partial charge on any atom is 0.319 e. The van der Waals surface area contributed by atoms with Gasteiger partial charge in [-0.05, 0) is 31.4 Å². The van der Waals surface area contributed by atoms with E-state index >= 15 is 0 Å². The molecule has 0 radical (unpaired) electrons. The lowest BCUT2D eigenvalue weighted by atomic mass is 10.1. The summed E-state index contributed by atoms with van der Waals surface area (Å²) in [7, 11) is 1.59. The van der Waals surface area contributed by atoms with Crippen LogP contribution >= 0.6 is 0 Å². The second-order valence-electron chi connectivity index (χ2n) is 7.16. The molecule has 1 heterocycles. The molecule has 148 valence electrons. The monoisotopic (exact) mass is 382 g/mol. The molecule has 0 atom stereocenters. The van der Waals surface area contributed by atoms with Gasteiger partial charge in [-0.2, -0.15) is 0 Å². The van der Waals surface area contributed by atoms with Crippen molar-refractivity contribution in [3.63, 3.8) is 0 Å². The number of nitrogens with one attached hydrogen (secondary N) is 2. The number of benzene rings is 2. The van der Waals surface area contributed by atoms with Crippen molar-refractivity contribution >= 4 is 33.7 Å². The number of furan rings is 1. The van der Waals surface area contributed by atoms with Gasteiger partial charge in [0.05, 0.1) is 18.9 Å². The maximum absolute atomic E-state index is 12.3. The fourth-order valence-corrected chi connectivity index (χ4v) is 3.76. The summed E-state index contributed by atoms with van der Waals surface area (Å²) in [6.45, 7) is 1.24. The van der Waals surface area contributed by atoms with Gasteiger partial charge in [0.2, 0.25) is 0 Å². The zero-order valence-electron chi connectivity index (χ0n) is 16.1. The number of ether oxygens (including phenoxy) is 2. The second-order valence-corrected chi connectivity index (χ2v) is 7.16. The summed E-state index contributed by atoms with van der Waals surface area (Å²) in [6.07, 6.45) is 6.07. The summed E-state index contributed by atoms with van der Waals surface area (Å²) < 4.78 is 17.2. The summed E-state index contributed by atoms with van der Waals surface area (Å²) in [5.74, 6) is 0.596. The normalized spacial score (nSPS) is 14.6. The number of carbonyl (C=O) groups is 1. The van der Waals surface area contributed by atoms with Crippen LogP contribution in [0.5, 0.6) is 5.75 Å². The van der Waals surface area contributed by atoms with Crippen LogP contribution in [0.2, 0.25) is 0 Å². The molecule has 1 saturated carbocycles. The lowest BCUT2D eigenvalue weighted by molar-refractivity contribution is 0.0572. The van der Waals surface area contributed by atoms with Crippen molar-refractivity contribution in [2.45, 2.75) is 38.2 Å². The van der Waals surface area contributed by atoms with Crippen molar-refractivity contribution in [2.75, 3.05) is 25.6 Å².